The monoisotopic (exact) mass is 234 g/mol. The number of aliphatic carboxylic acids is 1. The highest BCUT2D eigenvalue weighted by Crippen LogP contribution is 2.27. The number of benzene rings is 1. The van der Waals surface area contributed by atoms with Gasteiger partial charge in [-0.3, -0.25) is 0 Å². The van der Waals surface area contributed by atoms with E-state index in [0.717, 1.165) is 0 Å². The molecule has 15 heavy (non-hydrogen) atoms. The van der Waals surface area contributed by atoms with E-state index >= 15 is 0 Å². The van der Waals surface area contributed by atoms with Crippen molar-refractivity contribution in [2.75, 3.05) is 0 Å². The van der Waals surface area contributed by atoms with Gasteiger partial charge in [0.2, 0.25) is 0 Å². The van der Waals surface area contributed by atoms with Crippen LogP contribution in [0.15, 0.2) is 18.2 Å². The van der Waals surface area contributed by atoms with Gasteiger partial charge in [0.25, 0.3) is 0 Å². The summed E-state index contributed by atoms with van der Waals surface area (Å²) in [5.41, 5.74) is 0.731. The zero-order valence-corrected chi connectivity index (χ0v) is 8.68. The van der Waals surface area contributed by atoms with Gasteiger partial charge in [0, 0.05) is 11.4 Å². The molecular weight excluding hydrogens is 226 g/mol. The summed E-state index contributed by atoms with van der Waals surface area (Å²) in [5.74, 6) is -5.92. The van der Waals surface area contributed by atoms with Crippen molar-refractivity contribution in [1.82, 2.24) is 0 Å². The summed E-state index contributed by atoms with van der Waals surface area (Å²) in [5, 5.41) is 8.45. The van der Waals surface area contributed by atoms with Gasteiger partial charge >= 0.3 is 11.9 Å². The number of alkyl halides is 2. The maximum Gasteiger partial charge on any atom is 0.374 e. The van der Waals surface area contributed by atoms with Crippen molar-refractivity contribution < 1.29 is 18.7 Å². The molecule has 0 bridgehead atoms. The summed E-state index contributed by atoms with van der Waals surface area (Å²) in [6.07, 6.45) is -0.881. The zero-order chi connectivity index (χ0) is 11.6. The van der Waals surface area contributed by atoms with Crippen molar-refractivity contribution in [2.24, 2.45) is 0 Å². The van der Waals surface area contributed by atoms with Crippen molar-refractivity contribution >= 4 is 17.6 Å². The molecule has 82 valence electrons. The molecule has 0 amide bonds. The van der Waals surface area contributed by atoms with E-state index in [1.165, 1.54) is 6.07 Å². The molecule has 0 radical (unpaired) electrons. The van der Waals surface area contributed by atoms with Crippen molar-refractivity contribution in [2.45, 2.75) is 19.3 Å². The summed E-state index contributed by atoms with van der Waals surface area (Å²) in [4.78, 5) is 10.3. The van der Waals surface area contributed by atoms with Crippen LogP contribution in [0.1, 0.15) is 11.1 Å². The van der Waals surface area contributed by atoms with Gasteiger partial charge in [-0.1, -0.05) is 23.7 Å². The van der Waals surface area contributed by atoms with Gasteiger partial charge in [-0.15, -0.1) is 0 Å². The maximum absolute atomic E-state index is 12.9. The van der Waals surface area contributed by atoms with Gasteiger partial charge in [-0.2, -0.15) is 8.78 Å². The van der Waals surface area contributed by atoms with E-state index in [9.17, 15) is 13.6 Å². The lowest BCUT2D eigenvalue weighted by Gasteiger charge is -2.14. The number of halogens is 3. The molecule has 0 spiro atoms. The molecule has 1 aromatic carbocycles. The highest BCUT2D eigenvalue weighted by molar-refractivity contribution is 6.31. The Bertz CT molecular complexity index is 371. The third kappa shape index (κ3) is 2.65. The molecule has 0 aliphatic carbocycles. The molecule has 0 fully saturated rings. The Morgan fingerprint density at radius 3 is 2.60 bits per heavy atom. The Balaban J connectivity index is 3.04. The molecule has 0 atom stereocenters. The van der Waals surface area contributed by atoms with Crippen LogP contribution >= 0.6 is 11.6 Å². The summed E-state index contributed by atoms with van der Waals surface area (Å²) in [7, 11) is 0. The molecule has 1 rings (SSSR count). The first-order valence-corrected chi connectivity index (χ1v) is 4.57. The maximum atomic E-state index is 12.9. The molecule has 0 heterocycles. The van der Waals surface area contributed by atoms with Gasteiger partial charge < -0.3 is 5.11 Å². The fraction of sp³-hybridized carbons (Fsp3) is 0.300. The molecule has 0 aliphatic rings. The van der Waals surface area contributed by atoms with Crippen LogP contribution in [0, 0.1) is 6.92 Å². The van der Waals surface area contributed by atoms with Crippen LogP contribution in [0.2, 0.25) is 5.02 Å². The second kappa shape index (κ2) is 4.14. The highest BCUT2D eigenvalue weighted by atomic mass is 35.5. The van der Waals surface area contributed by atoms with E-state index in [-0.39, 0.29) is 10.6 Å². The number of aryl methyl sites for hydroxylation is 1. The van der Waals surface area contributed by atoms with Crippen LogP contribution in [-0.4, -0.2) is 17.0 Å². The van der Waals surface area contributed by atoms with Crippen LogP contribution in [0.25, 0.3) is 0 Å². The quantitative estimate of drug-likeness (QED) is 0.873. The first-order chi connectivity index (χ1) is 6.84. The predicted molar refractivity (Wildman–Crippen MR) is 52.5 cm³/mol. The van der Waals surface area contributed by atoms with Crippen LogP contribution in [-0.2, 0) is 11.2 Å². The molecule has 0 unspecified atom stereocenters. The smallest absolute Gasteiger partial charge is 0.374 e. The van der Waals surface area contributed by atoms with E-state index < -0.39 is 18.3 Å². The van der Waals surface area contributed by atoms with Gasteiger partial charge in [0.15, 0.2) is 0 Å². The Morgan fingerprint density at radius 2 is 2.13 bits per heavy atom. The first kappa shape index (κ1) is 11.9. The number of carboxylic acids is 1. The normalized spacial score (nSPS) is 11.5. The van der Waals surface area contributed by atoms with E-state index in [2.05, 4.69) is 0 Å². The third-order valence-corrected chi connectivity index (χ3v) is 2.42. The summed E-state index contributed by atoms with van der Waals surface area (Å²) in [6, 6.07) is 4.70. The molecule has 1 aromatic rings. The molecule has 0 saturated carbocycles. The molecule has 2 nitrogen and oxygen atoms in total. The van der Waals surface area contributed by atoms with Gasteiger partial charge in [0.05, 0.1) is 0 Å². The largest absolute Gasteiger partial charge is 0.477 e. The SMILES string of the molecule is Cc1cccc(Cl)c1CC(F)(F)C(=O)O. The predicted octanol–water partition coefficient (Wildman–Crippen LogP) is 2.91. The standard InChI is InChI=1S/C10H9ClF2O2/c1-6-3-2-4-8(11)7(6)5-10(12,13)9(14)15/h2-4H,5H2,1H3,(H,14,15). The molecule has 5 heteroatoms. The zero-order valence-electron chi connectivity index (χ0n) is 7.93. The Hall–Kier alpha value is -1.16. The van der Waals surface area contributed by atoms with E-state index in [4.69, 9.17) is 16.7 Å². The third-order valence-electron chi connectivity index (χ3n) is 2.06. The lowest BCUT2D eigenvalue weighted by Crippen LogP contribution is -2.31. The Labute approximate surface area is 90.5 Å². The van der Waals surface area contributed by atoms with Crippen LogP contribution in [0.3, 0.4) is 0 Å². The van der Waals surface area contributed by atoms with Crippen molar-refractivity contribution in [3.05, 3.63) is 34.3 Å². The lowest BCUT2D eigenvalue weighted by molar-refractivity contribution is -0.164. The topological polar surface area (TPSA) is 37.3 Å². The summed E-state index contributed by atoms with van der Waals surface area (Å²) >= 11 is 5.71. The van der Waals surface area contributed by atoms with Crippen LogP contribution < -0.4 is 0 Å². The molecule has 1 N–H and O–H groups in total. The van der Waals surface area contributed by atoms with Gasteiger partial charge in [-0.25, -0.2) is 4.79 Å². The number of carboxylic acid groups (broad SMARTS) is 1. The second-order valence-electron chi connectivity index (χ2n) is 3.22. The van der Waals surface area contributed by atoms with Gasteiger partial charge in [0.1, 0.15) is 0 Å². The molecular formula is C10H9ClF2O2. The Morgan fingerprint density at radius 1 is 1.53 bits per heavy atom. The van der Waals surface area contributed by atoms with E-state index in [1.807, 2.05) is 0 Å². The van der Waals surface area contributed by atoms with E-state index in [1.54, 1.807) is 19.1 Å². The van der Waals surface area contributed by atoms with Crippen molar-refractivity contribution in [1.29, 1.82) is 0 Å². The molecule has 0 aliphatic heterocycles. The number of hydrogen-bond donors (Lipinski definition) is 1. The number of carbonyl (C=O) groups is 1. The average molecular weight is 235 g/mol. The lowest BCUT2D eigenvalue weighted by atomic mass is 10.0. The fourth-order valence-corrected chi connectivity index (χ4v) is 1.48. The van der Waals surface area contributed by atoms with Crippen LogP contribution in [0.4, 0.5) is 8.78 Å². The summed E-state index contributed by atoms with van der Waals surface area (Å²) < 4.78 is 25.9. The second-order valence-corrected chi connectivity index (χ2v) is 3.63. The van der Waals surface area contributed by atoms with Crippen LogP contribution in [0.5, 0.6) is 0 Å². The first-order valence-electron chi connectivity index (χ1n) is 4.20. The Kier molecular flexibility index (Phi) is 3.29. The van der Waals surface area contributed by atoms with Crippen molar-refractivity contribution in [3.8, 4) is 0 Å². The fourth-order valence-electron chi connectivity index (χ4n) is 1.19. The number of rotatable bonds is 3. The molecule has 0 saturated heterocycles. The minimum Gasteiger partial charge on any atom is -0.477 e. The highest BCUT2D eigenvalue weighted by Gasteiger charge is 2.39. The van der Waals surface area contributed by atoms with E-state index in [0.29, 0.717) is 5.56 Å². The minimum absolute atomic E-state index is 0.163. The number of hydrogen-bond acceptors (Lipinski definition) is 1. The average Bonchev–Trinajstić information content (AvgIpc) is 2.11. The minimum atomic E-state index is -3.78. The van der Waals surface area contributed by atoms with Crippen molar-refractivity contribution in [3.63, 3.8) is 0 Å². The summed E-state index contributed by atoms with van der Waals surface area (Å²) in [6.45, 7) is 1.61. The van der Waals surface area contributed by atoms with Gasteiger partial charge in [-0.05, 0) is 24.1 Å². The molecule has 0 aromatic heterocycles.